The molecule has 1 aliphatic rings. The Bertz CT molecular complexity index is 839. The standard InChI is InChI=1S/C18H22F2N6/c1-9(21)16-15(7-10-4-5-24-8-13(10)20)25-18(26-17(16)23)11-2-3-14(22)12(19)6-11/h2-3,6,10,13,21,24H,4-5,7-8,22H2,1H3,(H2,23,25,26). The van der Waals surface area contributed by atoms with Crippen LogP contribution in [0, 0.1) is 17.1 Å². The number of anilines is 2. The monoisotopic (exact) mass is 360 g/mol. The smallest absolute Gasteiger partial charge is 0.161 e. The minimum Gasteiger partial charge on any atom is -0.396 e. The summed E-state index contributed by atoms with van der Waals surface area (Å²) in [4.78, 5) is 8.72. The maximum absolute atomic E-state index is 14.2. The number of nitrogens with zero attached hydrogens (tertiary/aromatic N) is 2. The number of rotatable bonds is 4. The first-order chi connectivity index (χ1) is 12.4. The van der Waals surface area contributed by atoms with E-state index in [1.54, 1.807) is 13.0 Å². The Labute approximate surface area is 150 Å². The van der Waals surface area contributed by atoms with Crippen molar-refractivity contribution in [1.29, 1.82) is 5.41 Å². The average Bonchev–Trinajstić information content (AvgIpc) is 2.58. The SMILES string of the molecule is CC(=N)c1c(N)nc(-c2ccc(N)c(F)c2)nc1CC1CCNCC1F. The van der Waals surface area contributed by atoms with Gasteiger partial charge in [0.25, 0.3) is 0 Å². The lowest BCUT2D eigenvalue weighted by Crippen LogP contribution is -2.39. The summed E-state index contributed by atoms with van der Waals surface area (Å²) in [5, 5.41) is 11.0. The molecule has 3 rings (SSSR count). The number of alkyl halides is 1. The lowest BCUT2D eigenvalue weighted by atomic mass is 9.89. The van der Waals surface area contributed by atoms with E-state index in [1.807, 2.05) is 0 Å². The van der Waals surface area contributed by atoms with Crippen LogP contribution in [0.2, 0.25) is 0 Å². The van der Waals surface area contributed by atoms with Crippen LogP contribution in [0.4, 0.5) is 20.3 Å². The Morgan fingerprint density at radius 3 is 2.77 bits per heavy atom. The zero-order valence-corrected chi connectivity index (χ0v) is 14.5. The number of aromatic nitrogens is 2. The normalized spacial score (nSPS) is 20.1. The second kappa shape index (κ2) is 7.33. The van der Waals surface area contributed by atoms with Crippen LogP contribution in [0.5, 0.6) is 0 Å². The van der Waals surface area contributed by atoms with Crippen LogP contribution in [0.15, 0.2) is 18.2 Å². The molecule has 0 amide bonds. The van der Waals surface area contributed by atoms with Gasteiger partial charge in [-0.2, -0.15) is 0 Å². The van der Waals surface area contributed by atoms with Gasteiger partial charge in [-0.05, 0) is 50.4 Å². The summed E-state index contributed by atoms with van der Waals surface area (Å²) in [5.74, 6) is -0.398. The molecule has 2 heterocycles. The number of halogens is 2. The second-order valence-corrected chi connectivity index (χ2v) is 6.59. The van der Waals surface area contributed by atoms with E-state index < -0.39 is 12.0 Å². The molecule has 26 heavy (non-hydrogen) atoms. The molecule has 2 unspecified atom stereocenters. The van der Waals surface area contributed by atoms with Crippen molar-refractivity contribution in [3.8, 4) is 11.4 Å². The third kappa shape index (κ3) is 3.65. The van der Waals surface area contributed by atoms with Crippen molar-refractivity contribution in [2.45, 2.75) is 25.9 Å². The Morgan fingerprint density at radius 1 is 1.35 bits per heavy atom. The number of nitrogens with one attached hydrogen (secondary N) is 2. The number of nitrogens with two attached hydrogens (primary N) is 2. The third-order valence-corrected chi connectivity index (χ3v) is 4.64. The molecule has 138 valence electrons. The molecule has 0 aliphatic carbocycles. The predicted molar refractivity (Wildman–Crippen MR) is 98.3 cm³/mol. The largest absolute Gasteiger partial charge is 0.396 e. The van der Waals surface area contributed by atoms with E-state index in [0.29, 0.717) is 36.2 Å². The van der Waals surface area contributed by atoms with E-state index in [4.69, 9.17) is 16.9 Å². The maximum atomic E-state index is 14.2. The maximum Gasteiger partial charge on any atom is 0.161 e. The summed E-state index contributed by atoms with van der Waals surface area (Å²) in [6.45, 7) is 2.64. The Morgan fingerprint density at radius 2 is 2.12 bits per heavy atom. The third-order valence-electron chi connectivity index (χ3n) is 4.64. The van der Waals surface area contributed by atoms with Gasteiger partial charge in [-0.3, -0.25) is 0 Å². The molecule has 6 nitrogen and oxygen atoms in total. The number of hydrogen-bond acceptors (Lipinski definition) is 6. The summed E-state index contributed by atoms with van der Waals surface area (Å²) in [6.07, 6.45) is 0.0372. The van der Waals surface area contributed by atoms with Crippen molar-refractivity contribution < 1.29 is 8.78 Å². The van der Waals surface area contributed by atoms with E-state index in [-0.39, 0.29) is 29.0 Å². The zero-order valence-electron chi connectivity index (χ0n) is 14.5. The van der Waals surface area contributed by atoms with Crippen LogP contribution in [0.25, 0.3) is 11.4 Å². The fraction of sp³-hybridized carbons (Fsp3) is 0.389. The summed E-state index contributed by atoms with van der Waals surface area (Å²) in [5.41, 5.74) is 13.2. The summed E-state index contributed by atoms with van der Waals surface area (Å²) >= 11 is 0. The molecular weight excluding hydrogens is 338 g/mol. The van der Waals surface area contributed by atoms with Gasteiger partial charge in [0.05, 0.1) is 16.9 Å². The van der Waals surface area contributed by atoms with Gasteiger partial charge in [0.1, 0.15) is 17.8 Å². The zero-order chi connectivity index (χ0) is 18.8. The molecule has 2 atom stereocenters. The van der Waals surface area contributed by atoms with Crippen LogP contribution in [-0.4, -0.2) is 34.9 Å². The number of piperidine rings is 1. The van der Waals surface area contributed by atoms with Gasteiger partial charge in [-0.1, -0.05) is 0 Å². The van der Waals surface area contributed by atoms with Gasteiger partial charge in [-0.25, -0.2) is 18.7 Å². The van der Waals surface area contributed by atoms with Gasteiger partial charge in [0.2, 0.25) is 0 Å². The van der Waals surface area contributed by atoms with Crippen molar-refractivity contribution in [2.75, 3.05) is 24.6 Å². The van der Waals surface area contributed by atoms with E-state index in [1.165, 1.54) is 12.1 Å². The van der Waals surface area contributed by atoms with Crippen molar-refractivity contribution in [3.05, 3.63) is 35.3 Å². The van der Waals surface area contributed by atoms with Crippen molar-refractivity contribution >= 4 is 17.2 Å². The van der Waals surface area contributed by atoms with E-state index >= 15 is 0 Å². The van der Waals surface area contributed by atoms with Crippen LogP contribution < -0.4 is 16.8 Å². The highest BCUT2D eigenvalue weighted by molar-refractivity contribution is 6.01. The van der Waals surface area contributed by atoms with E-state index in [0.717, 1.165) is 6.54 Å². The van der Waals surface area contributed by atoms with Crippen LogP contribution in [0.3, 0.4) is 0 Å². The topological polar surface area (TPSA) is 114 Å². The highest BCUT2D eigenvalue weighted by Crippen LogP contribution is 2.27. The van der Waals surface area contributed by atoms with E-state index in [2.05, 4.69) is 15.3 Å². The summed E-state index contributed by atoms with van der Waals surface area (Å²) in [7, 11) is 0. The van der Waals surface area contributed by atoms with Gasteiger partial charge < -0.3 is 22.2 Å². The lowest BCUT2D eigenvalue weighted by molar-refractivity contribution is 0.178. The molecule has 0 bridgehead atoms. The molecule has 1 saturated heterocycles. The quantitative estimate of drug-likeness (QED) is 0.494. The van der Waals surface area contributed by atoms with Crippen molar-refractivity contribution in [1.82, 2.24) is 15.3 Å². The molecular formula is C18H22F2N6. The number of nitrogen functional groups attached to an aromatic ring is 2. The molecule has 0 saturated carbocycles. The first kappa shape index (κ1) is 18.2. The van der Waals surface area contributed by atoms with Crippen molar-refractivity contribution in [3.63, 3.8) is 0 Å². The fourth-order valence-electron chi connectivity index (χ4n) is 3.23. The predicted octanol–water partition coefficient (Wildman–Crippen LogP) is 2.32. The van der Waals surface area contributed by atoms with Crippen LogP contribution in [0.1, 0.15) is 24.6 Å². The first-order valence-electron chi connectivity index (χ1n) is 8.49. The molecule has 2 aromatic rings. The average molecular weight is 360 g/mol. The van der Waals surface area contributed by atoms with E-state index in [9.17, 15) is 8.78 Å². The molecule has 0 spiro atoms. The first-order valence-corrected chi connectivity index (χ1v) is 8.49. The molecule has 0 radical (unpaired) electrons. The molecule has 1 aliphatic heterocycles. The molecule has 8 heteroatoms. The summed E-state index contributed by atoms with van der Waals surface area (Å²) < 4.78 is 28.0. The molecule has 1 aromatic carbocycles. The summed E-state index contributed by atoms with van der Waals surface area (Å²) in [6, 6.07) is 4.29. The molecule has 6 N–H and O–H groups in total. The van der Waals surface area contributed by atoms with Crippen molar-refractivity contribution in [2.24, 2.45) is 5.92 Å². The van der Waals surface area contributed by atoms with Crippen LogP contribution >= 0.6 is 0 Å². The Kier molecular flexibility index (Phi) is 5.13. The second-order valence-electron chi connectivity index (χ2n) is 6.59. The molecule has 1 fully saturated rings. The molecule has 1 aromatic heterocycles. The number of benzene rings is 1. The highest BCUT2D eigenvalue weighted by Gasteiger charge is 2.27. The number of hydrogen-bond donors (Lipinski definition) is 4. The van der Waals surface area contributed by atoms with Gasteiger partial charge in [0, 0.05) is 17.8 Å². The Balaban J connectivity index is 2.04. The minimum atomic E-state index is -0.990. The van der Waals surface area contributed by atoms with Gasteiger partial charge in [0.15, 0.2) is 5.82 Å². The lowest BCUT2D eigenvalue weighted by Gasteiger charge is -2.27. The van der Waals surface area contributed by atoms with Gasteiger partial charge in [-0.15, -0.1) is 0 Å². The van der Waals surface area contributed by atoms with Crippen LogP contribution in [-0.2, 0) is 6.42 Å². The Hall–Kier alpha value is -2.61. The highest BCUT2D eigenvalue weighted by atomic mass is 19.1. The fourth-order valence-corrected chi connectivity index (χ4v) is 3.23. The van der Waals surface area contributed by atoms with Gasteiger partial charge >= 0.3 is 0 Å². The minimum absolute atomic E-state index is 0.0314.